The number of ether oxygens (including phenoxy) is 1. The fourth-order valence-electron chi connectivity index (χ4n) is 1.95. The third-order valence-corrected chi connectivity index (χ3v) is 3.07. The minimum atomic E-state index is 0.284. The number of aromatic nitrogens is 2. The van der Waals surface area contributed by atoms with E-state index in [-0.39, 0.29) is 5.92 Å². The fraction of sp³-hybridized carbons (Fsp3) is 0.833. The smallest absolute Gasteiger partial charge is 0.230 e. The molecule has 0 spiro atoms. The molecule has 1 aliphatic heterocycles. The largest absolute Gasteiger partial charge is 0.424 e. The van der Waals surface area contributed by atoms with Gasteiger partial charge in [-0.15, -0.1) is 10.2 Å². The van der Waals surface area contributed by atoms with Crippen LogP contribution in [0.15, 0.2) is 4.42 Å². The van der Waals surface area contributed by atoms with Crippen LogP contribution in [0.4, 0.5) is 0 Å². The monoisotopic (exact) mass is 239 g/mol. The van der Waals surface area contributed by atoms with E-state index in [0.717, 1.165) is 19.4 Å². The highest BCUT2D eigenvalue weighted by atomic mass is 16.5. The summed E-state index contributed by atoms with van der Waals surface area (Å²) in [5.41, 5.74) is 0. The first-order chi connectivity index (χ1) is 8.16. The lowest BCUT2D eigenvalue weighted by Gasteiger charge is -2.18. The first-order valence-electron chi connectivity index (χ1n) is 6.34. The van der Waals surface area contributed by atoms with Crippen LogP contribution in [-0.4, -0.2) is 29.0 Å². The van der Waals surface area contributed by atoms with Crippen molar-refractivity contribution in [3.8, 4) is 0 Å². The Kier molecular flexibility index (Phi) is 4.12. The minimum absolute atomic E-state index is 0.284. The summed E-state index contributed by atoms with van der Waals surface area (Å²) in [4.78, 5) is 0. The number of nitrogens with zero attached hydrogens (tertiary/aromatic N) is 2. The zero-order valence-electron chi connectivity index (χ0n) is 10.8. The molecule has 0 bridgehead atoms. The topological polar surface area (TPSA) is 60.2 Å². The van der Waals surface area contributed by atoms with Crippen molar-refractivity contribution in [2.75, 3.05) is 6.61 Å². The van der Waals surface area contributed by atoms with E-state index in [4.69, 9.17) is 9.15 Å². The molecule has 5 heteroatoms. The molecular weight excluding hydrogens is 218 g/mol. The van der Waals surface area contributed by atoms with Gasteiger partial charge >= 0.3 is 0 Å². The molecule has 1 saturated heterocycles. The molecule has 96 valence electrons. The van der Waals surface area contributed by atoms with E-state index in [1.165, 1.54) is 0 Å². The standard InChI is InChI=1S/C12H21N3O2/c1-8(2)12-15-14-11(17-12)7-13-9(3)10-5-4-6-16-10/h8-10,13H,4-7H2,1-3H3. The number of nitrogens with one attached hydrogen (secondary N) is 1. The Morgan fingerprint density at radius 2 is 2.18 bits per heavy atom. The molecule has 0 aromatic carbocycles. The molecule has 1 aromatic rings. The van der Waals surface area contributed by atoms with Gasteiger partial charge in [0.25, 0.3) is 0 Å². The van der Waals surface area contributed by atoms with E-state index in [1.54, 1.807) is 0 Å². The van der Waals surface area contributed by atoms with Crippen LogP contribution in [0.5, 0.6) is 0 Å². The van der Waals surface area contributed by atoms with Crippen LogP contribution in [0.1, 0.15) is 51.3 Å². The molecular formula is C12H21N3O2. The van der Waals surface area contributed by atoms with Crippen molar-refractivity contribution >= 4 is 0 Å². The van der Waals surface area contributed by atoms with Crippen LogP contribution in [0.2, 0.25) is 0 Å². The van der Waals surface area contributed by atoms with Crippen LogP contribution >= 0.6 is 0 Å². The maximum Gasteiger partial charge on any atom is 0.230 e. The first kappa shape index (κ1) is 12.5. The summed E-state index contributed by atoms with van der Waals surface area (Å²) >= 11 is 0. The normalized spacial score (nSPS) is 22.2. The Balaban J connectivity index is 1.80. The van der Waals surface area contributed by atoms with Crippen molar-refractivity contribution in [2.24, 2.45) is 0 Å². The van der Waals surface area contributed by atoms with Crippen molar-refractivity contribution < 1.29 is 9.15 Å². The van der Waals surface area contributed by atoms with Gasteiger partial charge in [-0.2, -0.15) is 0 Å². The van der Waals surface area contributed by atoms with Gasteiger partial charge in [0.15, 0.2) is 0 Å². The van der Waals surface area contributed by atoms with Gasteiger partial charge < -0.3 is 14.5 Å². The van der Waals surface area contributed by atoms with Gasteiger partial charge in [0, 0.05) is 18.6 Å². The number of hydrogen-bond acceptors (Lipinski definition) is 5. The molecule has 0 radical (unpaired) electrons. The Bertz CT molecular complexity index is 345. The minimum Gasteiger partial charge on any atom is -0.424 e. The summed E-state index contributed by atoms with van der Waals surface area (Å²) < 4.78 is 11.2. The van der Waals surface area contributed by atoms with E-state index in [0.29, 0.717) is 30.5 Å². The summed E-state index contributed by atoms with van der Waals surface area (Å²) in [6.07, 6.45) is 2.62. The Hall–Kier alpha value is -0.940. The Morgan fingerprint density at radius 1 is 1.35 bits per heavy atom. The number of hydrogen-bond donors (Lipinski definition) is 1. The molecule has 5 nitrogen and oxygen atoms in total. The van der Waals surface area contributed by atoms with Crippen LogP contribution in [-0.2, 0) is 11.3 Å². The highest BCUT2D eigenvalue weighted by Gasteiger charge is 2.22. The Morgan fingerprint density at radius 3 is 2.76 bits per heavy atom. The molecule has 0 aliphatic carbocycles. The quantitative estimate of drug-likeness (QED) is 0.849. The summed E-state index contributed by atoms with van der Waals surface area (Å²) in [6.45, 7) is 7.71. The predicted octanol–water partition coefficient (Wildman–Crippen LogP) is 1.85. The zero-order valence-corrected chi connectivity index (χ0v) is 10.8. The Labute approximate surface area is 102 Å². The van der Waals surface area contributed by atoms with Gasteiger partial charge in [-0.1, -0.05) is 13.8 Å². The van der Waals surface area contributed by atoms with Crippen LogP contribution < -0.4 is 5.32 Å². The highest BCUT2D eigenvalue weighted by Crippen LogP contribution is 2.16. The lowest BCUT2D eigenvalue weighted by atomic mass is 10.1. The molecule has 2 unspecified atom stereocenters. The van der Waals surface area contributed by atoms with E-state index in [1.807, 2.05) is 13.8 Å². The molecule has 1 aromatic heterocycles. The predicted molar refractivity (Wildman–Crippen MR) is 63.7 cm³/mol. The van der Waals surface area contributed by atoms with Crippen molar-refractivity contribution in [1.29, 1.82) is 0 Å². The second-order valence-corrected chi connectivity index (χ2v) is 4.91. The van der Waals surface area contributed by atoms with Crippen molar-refractivity contribution in [2.45, 2.75) is 58.2 Å². The molecule has 2 atom stereocenters. The molecule has 1 aliphatic rings. The molecule has 0 saturated carbocycles. The maximum atomic E-state index is 5.62. The second-order valence-electron chi connectivity index (χ2n) is 4.91. The van der Waals surface area contributed by atoms with Gasteiger partial charge in [0.05, 0.1) is 12.6 Å². The van der Waals surface area contributed by atoms with Gasteiger partial charge in [0.2, 0.25) is 11.8 Å². The average Bonchev–Trinajstić information content (AvgIpc) is 2.97. The van der Waals surface area contributed by atoms with E-state index < -0.39 is 0 Å². The van der Waals surface area contributed by atoms with Gasteiger partial charge in [-0.05, 0) is 19.8 Å². The molecule has 2 heterocycles. The van der Waals surface area contributed by atoms with Crippen molar-refractivity contribution in [1.82, 2.24) is 15.5 Å². The molecule has 2 rings (SSSR count). The number of rotatable bonds is 5. The lowest BCUT2D eigenvalue weighted by Crippen LogP contribution is -2.36. The maximum absolute atomic E-state index is 5.62. The average molecular weight is 239 g/mol. The summed E-state index contributed by atoms with van der Waals surface area (Å²) in [7, 11) is 0. The van der Waals surface area contributed by atoms with Crippen LogP contribution in [0.25, 0.3) is 0 Å². The SMILES string of the molecule is CC(C)c1nnc(CNC(C)C2CCCO2)o1. The van der Waals surface area contributed by atoms with E-state index >= 15 is 0 Å². The van der Waals surface area contributed by atoms with Crippen LogP contribution in [0, 0.1) is 0 Å². The summed E-state index contributed by atoms with van der Waals surface area (Å²) in [5.74, 6) is 1.64. The van der Waals surface area contributed by atoms with Gasteiger partial charge in [0.1, 0.15) is 0 Å². The van der Waals surface area contributed by atoms with Gasteiger partial charge in [-0.3, -0.25) is 0 Å². The highest BCUT2D eigenvalue weighted by molar-refractivity contribution is 4.87. The summed E-state index contributed by atoms with van der Waals surface area (Å²) in [5, 5.41) is 11.4. The first-order valence-corrected chi connectivity index (χ1v) is 6.34. The molecule has 1 fully saturated rings. The van der Waals surface area contributed by atoms with Crippen LogP contribution in [0.3, 0.4) is 0 Å². The lowest BCUT2D eigenvalue weighted by molar-refractivity contribution is 0.0824. The van der Waals surface area contributed by atoms with Crippen molar-refractivity contribution in [3.05, 3.63) is 11.8 Å². The fourth-order valence-corrected chi connectivity index (χ4v) is 1.95. The molecule has 0 amide bonds. The zero-order chi connectivity index (χ0) is 12.3. The summed E-state index contributed by atoms with van der Waals surface area (Å²) in [6, 6.07) is 0.326. The molecule has 1 N–H and O–H groups in total. The van der Waals surface area contributed by atoms with E-state index in [9.17, 15) is 0 Å². The third-order valence-electron chi connectivity index (χ3n) is 3.07. The van der Waals surface area contributed by atoms with E-state index in [2.05, 4.69) is 22.4 Å². The molecule has 17 heavy (non-hydrogen) atoms. The van der Waals surface area contributed by atoms with Gasteiger partial charge in [-0.25, -0.2) is 0 Å². The third kappa shape index (κ3) is 3.26. The second kappa shape index (κ2) is 5.60. The van der Waals surface area contributed by atoms with Crippen molar-refractivity contribution in [3.63, 3.8) is 0 Å².